The Morgan fingerprint density at radius 2 is 1.92 bits per heavy atom. The molecule has 4 rings (SSSR count). The predicted molar refractivity (Wildman–Crippen MR) is 92.8 cm³/mol. The summed E-state index contributed by atoms with van der Waals surface area (Å²) in [6.07, 6.45) is 4.57. The summed E-state index contributed by atoms with van der Waals surface area (Å²) in [5.74, 6) is 0.915. The highest BCUT2D eigenvalue weighted by Crippen LogP contribution is 2.36. The van der Waals surface area contributed by atoms with Crippen molar-refractivity contribution in [1.29, 1.82) is 0 Å². The van der Waals surface area contributed by atoms with Gasteiger partial charge in [-0.05, 0) is 24.5 Å². The number of rotatable bonds is 4. The Bertz CT molecular complexity index is 703. The van der Waals surface area contributed by atoms with Crippen LogP contribution >= 0.6 is 0 Å². The fourth-order valence-electron chi connectivity index (χ4n) is 3.71. The lowest BCUT2D eigenvalue weighted by molar-refractivity contribution is -0.0287. The van der Waals surface area contributed by atoms with Crippen LogP contribution in [0.25, 0.3) is 11.4 Å². The standard InChI is InChI=1S/C19H25N3O3/c23-19(7-2-1-3-8-19)18-20-17(21-25-18)16-6-4-5-15(13-16)14-22-9-11-24-12-10-22/h4-6,13,23H,1-3,7-12,14H2. The van der Waals surface area contributed by atoms with Crippen LogP contribution in [0.4, 0.5) is 0 Å². The number of benzene rings is 1. The van der Waals surface area contributed by atoms with Crippen LogP contribution in [0, 0.1) is 0 Å². The first kappa shape index (κ1) is 16.7. The smallest absolute Gasteiger partial charge is 0.258 e. The molecular weight excluding hydrogens is 318 g/mol. The van der Waals surface area contributed by atoms with Crippen molar-refractivity contribution >= 4 is 0 Å². The first-order chi connectivity index (χ1) is 12.2. The molecule has 1 aliphatic carbocycles. The number of ether oxygens (including phenoxy) is 1. The van der Waals surface area contributed by atoms with Crippen LogP contribution in [0.1, 0.15) is 43.6 Å². The zero-order valence-electron chi connectivity index (χ0n) is 14.5. The molecule has 0 radical (unpaired) electrons. The predicted octanol–water partition coefficient (Wildman–Crippen LogP) is 2.72. The second kappa shape index (κ2) is 7.23. The fraction of sp³-hybridized carbons (Fsp3) is 0.579. The van der Waals surface area contributed by atoms with Crippen molar-refractivity contribution in [2.75, 3.05) is 26.3 Å². The molecule has 6 heteroatoms. The van der Waals surface area contributed by atoms with Gasteiger partial charge in [0.2, 0.25) is 5.82 Å². The Balaban J connectivity index is 1.51. The van der Waals surface area contributed by atoms with Gasteiger partial charge < -0.3 is 14.4 Å². The van der Waals surface area contributed by atoms with Crippen LogP contribution in [-0.2, 0) is 16.9 Å². The maximum Gasteiger partial charge on any atom is 0.258 e. The molecule has 0 unspecified atom stereocenters. The molecule has 2 heterocycles. The van der Waals surface area contributed by atoms with Crippen molar-refractivity contribution in [3.63, 3.8) is 0 Å². The van der Waals surface area contributed by atoms with E-state index < -0.39 is 5.60 Å². The van der Waals surface area contributed by atoms with E-state index in [9.17, 15) is 5.11 Å². The Morgan fingerprint density at radius 3 is 2.72 bits per heavy atom. The molecule has 2 aromatic rings. The van der Waals surface area contributed by atoms with Crippen LogP contribution in [0.5, 0.6) is 0 Å². The third kappa shape index (κ3) is 3.76. The molecule has 1 saturated carbocycles. The molecule has 1 aromatic heterocycles. The van der Waals surface area contributed by atoms with Gasteiger partial charge in [-0.3, -0.25) is 4.90 Å². The third-order valence-electron chi connectivity index (χ3n) is 5.20. The second-order valence-electron chi connectivity index (χ2n) is 7.10. The maximum atomic E-state index is 10.8. The number of aromatic nitrogens is 2. The lowest BCUT2D eigenvalue weighted by Crippen LogP contribution is -2.35. The minimum atomic E-state index is -0.949. The minimum absolute atomic E-state index is 0.362. The van der Waals surface area contributed by atoms with Crippen LogP contribution in [0.2, 0.25) is 0 Å². The minimum Gasteiger partial charge on any atom is -0.380 e. The second-order valence-corrected chi connectivity index (χ2v) is 7.10. The van der Waals surface area contributed by atoms with Gasteiger partial charge in [-0.15, -0.1) is 0 Å². The molecule has 25 heavy (non-hydrogen) atoms. The summed E-state index contributed by atoms with van der Waals surface area (Å²) >= 11 is 0. The molecule has 0 amide bonds. The average Bonchev–Trinajstić information content (AvgIpc) is 3.15. The highest BCUT2D eigenvalue weighted by molar-refractivity contribution is 5.55. The van der Waals surface area contributed by atoms with Crippen LogP contribution in [0.15, 0.2) is 28.8 Å². The molecule has 0 spiro atoms. The molecule has 2 fully saturated rings. The highest BCUT2D eigenvalue weighted by Gasteiger charge is 2.37. The summed E-state index contributed by atoms with van der Waals surface area (Å²) < 4.78 is 10.8. The van der Waals surface area contributed by atoms with Gasteiger partial charge in [0.25, 0.3) is 5.89 Å². The molecule has 134 valence electrons. The van der Waals surface area contributed by atoms with Crippen molar-refractivity contribution in [1.82, 2.24) is 15.0 Å². The van der Waals surface area contributed by atoms with E-state index in [1.807, 2.05) is 12.1 Å². The molecule has 1 saturated heterocycles. The highest BCUT2D eigenvalue weighted by atomic mass is 16.5. The van der Waals surface area contributed by atoms with E-state index in [-0.39, 0.29) is 0 Å². The van der Waals surface area contributed by atoms with Crippen molar-refractivity contribution in [2.24, 2.45) is 0 Å². The average molecular weight is 343 g/mol. The summed E-state index contributed by atoms with van der Waals surface area (Å²) in [5.41, 5.74) is 1.21. The zero-order valence-corrected chi connectivity index (χ0v) is 14.5. The maximum absolute atomic E-state index is 10.8. The monoisotopic (exact) mass is 343 g/mol. The van der Waals surface area contributed by atoms with E-state index in [4.69, 9.17) is 9.26 Å². The van der Waals surface area contributed by atoms with E-state index in [2.05, 4.69) is 27.2 Å². The van der Waals surface area contributed by atoms with Gasteiger partial charge >= 0.3 is 0 Å². The first-order valence-corrected chi connectivity index (χ1v) is 9.19. The Hall–Kier alpha value is -1.76. The SMILES string of the molecule is OC1(c2nc(-c3cccc(CN4CCOCC4)c3)no2)CCCCC1. The van der Waals surface area contributed by atoms with Gasteiger partial charge in [-0.1, -0.05) is 42.6 Å². The van der Waals surface area contributed by atoms with Crippen LogP contribution in [-0.4, -0.2) is 46.5 Å². The normalized spacial score (nSPS) is 21.3. The molecule has 1 aromatic carbocycles. The largest absolute Gasteiger partial charge is 0.380 e. The molecule has 0 bridgehead atoms. The molecule has 6 nitrogen and oxygen atoms in total. The van der Waals surface area contributed by atoms with Crippen molar-refractivity contribution in [3.05, 3.63) is 35.7 Å². The topological polar surface area (TPSA) is 71.6 Å². The van der Waals surface area contributed by atoms with E-state index in [1.165, 1.54) is 5.56 Å². The Labute approximate surface area is 147 Å². The number of hydrogen-bond donors (Lipinski definition) is 1. The molecular formula is C19H25N3O3. The van der Waals surface area contributed by atoms with Crippen LogP contribution in [0.3, 0.4) is 0 Å². The Kier molecular flexibility index (Phi) is 4.83. The zero-order chi connectivity index (χ0) is 17.1. The van der Waals surface area contributed by atoms with Crippen molar-refractivity contribution < 1.29 is 14.4 Å². The number of hydrogen-bond acceptors (Lipinski definition) is 6. The fourth-order valence-corrected chi connectivity index (χ4v) is 3.71. The van der Waals surface area contributed by atoms with Crippen LogP contribution < -0.4 is 0 Å². The van der Waals surface area contributed by atoms with E-state index in [0.717, 1.165) is 57.7 Å². The summed E-state index contributed by atoms with van der Waals surface area (Å²) in [6.45, 7) is 4.41. The van der Waals surface area contributed by atoms with Gasteiger partial charge in [0.15, 0.2) is 0 Å². The number of nitrogens with zero attached hydrogens (tertiary/aromatic N) is 3. The van der Waals surface area contributed by atoms with Gasteiger partial charge in [0, 0.05) is 25.2 Å². The summed E-state index contributed by atoms with van der Waals surface area (Å²) in [7, 11) is 0. The first-order valence-electron chi connectivity index (χ1n) is 9.19. The number of aliphatic hydroxyl groups is 1. The van der Waals surface area contributed by atoms with E-state index in [0.29, 0.717) is 24.6 Å². The molecule has 0 atom stereocenters. The van der Waals surface area contributed by atoms with E-state index in [1.54, 1.807) is 0 Å². The quantitative estimate of drug-likeness (QED) is 0.920. The molecule has 1 N–H and O–H groups in total. The van der Waals surface area contributed by atoms with Crippen molar-refractivity contribution in [2.45, 2.75) is 44.2 Å². The van der Waals surface area contributed by atoms with Gasteiger partial charge in [-0.2, -0.15) is 4.98 Å². The van der Waals surface area contributed by atoms with E-state index >= 15 is 0 Å². The molecule has 1 aliphatic heterocycles. The van der Waals surface area contributed by atoms with Gasteiger partial charge in [0.1, 0.15) is 5.60 Å². The Morgan fingerprint density at radius 1 is 1.12 bits per heavy atom. The van der Waals surface area contributed by atoms with Gasteiger partial charge in [0.05, 0.1) is 13.2 Å². The third-order valence-corrected chi connectivity index (χ3v) is 5.20. The lowest BCUT2D eigenvalue weighted by Gasteiger charge is -2.27. The van der Waals surface area contributed by atoms with Gasteiger partial charge in [-0.25, -0.2) is 0 Å². The van der Waals surface area contributed by atoms with Crippen molar-refractivity contribution in [3.8, 4) is 11.4 Å². The summed E-state index contributed by atoms with van der Waals surface area (Å²) in [4.78, 5) is 6.89. The summed E-state index contributed by atoms with van der Waals surface area (Å²) in [5, 5.41) is 14.9. The molecule has 2 aliphatic rings. The summed E-state index contributed by atoms with van der Waals surface area (Å²) in [6, 6.07) is 8.24. The number of morpholine rings is 1. The lowest BCUT2D eigenvalue weighted by atomic mass is 9.85.